The summed E-state index contributed by atoms with van der Waals surface area (Å²) in [6.07, 6.45) is 5.31. The molecule has 0 fully saturated rings. The minimum absolute atomic E-state index is 0.217. The maximum atomic E-state index is 11.6. The fourth-order valence-electron chi connectivity index (χ4n) is 1.45. The van der Waals surface area contributed by atoms with Crippen molar-refractivity contribution in [1.29, 1.82) is 0 Å². The maximum absolute atomic E-state index is 11.6. The van der Waals surface area contributed by atoms with E-state index in [2.05, 4.69) is 19.2 Å². The molecule has 0 aliphatic carbocycles. The highest BCUT2D eigenvalue weighted by atomic mass is 16.3. The van der Waals surface area contributed by atoms with Crippen LogP contribution < -0.4 is 5.32 Å². The van der Waals surface area contributed by atoms with Crippen molar-refractivity contribution in [2.45, 2.75) is 71.4 Å². The Morgan fingerprint density at radius 2 is 1.87 bits per heavy atom. The van der Waals surface area contributed by atoms with Crippen molar-refractivity contribution in [3.05, 3.63) is 0 Å². The number of carbonyl (C=O) groups excluding carboxylic acids is 1. The molecule has 0 radical (unpaired) electrons. The predicted octanol–water partition coefficient (Wildman–Crippen LogP) is 2.23. The maximum Gasteiger partial charge on any atom is 0.251 e. The molecule has 90 valence electrons. The molecular weight excluding hydrogens is 190 g/mol. The Morgan fingerprint density at radius 3 is 2.27 bits per heavy atom. The van der Waals surface area contributed by atoms with Crippen molar-refractivity contribution in [2.75, 3.05) is 0 Å². The lowest BCUT2D eigenvalue weighted by molar-refractivity contribution is -0.137. The standard InChI is InChI=1S/C12H25NO2/c1-5-7-9-10(8-6-2)13-11(14)12(3,4)15/h10,15H,5-9H2,1-4H3,(H,13,14). The van der Waals surface area contributed by atoms with E-state index in [4.69, 9.17) is 0 Å². The fraction of sp³-hybridized carbons (Fsp3) is 0.917. The van der Waals surface area contributed by atoms with E-state index in [9.17, 15) is 9.90 Å². The number of hydrogen-bond acceptors (Lipinski definition) is 2. The largest absolute Gasteiger partial charge is 0.381 e. The predicted molar refractivity (Wildman–Crippen MR) is 62.7 cm³/mol. The van der Waals surface area contributed by atoms with Crippen LogP contribution in [-0.2, 0) is 4.79 Å². The van der Waals surface area contributed by atoms with E-state index < -0.39 is 5.60 Å². The molecule has 0 aliphatic rings. The molecule has 0 spiro atoms. The molecule has 15 heavy (non-hydrogen) atoms. The Morgan fingerprint density at radius 1 is 1.27 bits per heavy atom. The Hall–Kier alpha value is -0.570. The smallest absolute Gasteiger partial charge is 0.251 e. The zero-order chi connectivity index (χ0) is 11.9. The summed E-state index contributed by atoms with van der Waals surface area (Å²) in [5.41, 5.74) is -1.27. The number of rotatable bonds is 7. The van der Waals surface area contributed by atoms with Gasteiger partial charge in [0.25, 0.3) is 5.91 Å². The van der Waals surface area contributed by atoms with Gasteiger partial charge in [-0.1, -0.05) is 33.1 Å². The Labute approximate surface area is 93.3 Å². The first-order valence-corrected chi connectivity index (χ1v) is 5.95. The molecule has 0 bridgehead atoms. The van der Waals surface area contributed by atoms with Crippen LogP contribution in [-0.4, -0.2) is 22.7 Å². The van der Waals surface area contributed by atoms with Gasteiger partial charge in [-0.15, -0.1) is 0 Å². The quantitative estimate of drug-likeness (QED) is 0.684. The molecule has 3 nitrogen and oxygen atoms in total. The lowest BCUT2D eigenvalue weighted by Gasteiger charge is -2.23. The molecule has 1 amide bonds. The van der Waals surface area contributed by atoms with Crippen molar-refractivity contribution in [3.63, 3.8) is 0 Å². The Balaban J connectivity index is 4.09. The zero-order valence-electron chi connectivity index (χ0n) is 10.5. The number of aliphatic hydroxyl groups is 1. The molecule has 0 saturated carbocycles. The highest BCUT2D eigenvalue weighted by molar-refractivity contribution is 5.84. The van der Waals surface area contributed by atoms with E-state index in [1.165, 1.54) is 13.8 Å². The second-order valence-corrected chi connectivity index (χ2v) is 4.66. The first-order valence-electron chi connectivity index (χ1n) is 5.95. The first-order chi connectivity index (χ1) is 6.91. The van der Waals surface area contributed by atoms with Crippen LogP contribution >= 0.6 is 0 Å². The third-order valence-electron chi connectivity index (χ3n) is 2.43. The number of unbranched alkanes of at least 4 members (excludes halogenated alkanes) is 1. The molecule has 0 aromatic rings. The van der Waals surface area contributed by atoms with Gasteiger partial charge in [-0.25, -0.2) is 0 Å². The zero-order valence-corrected chi connectivity index (χ0v) is 10.5. The number of hydrogen-bond donors (Lipinski definition) is 2. The molecule has 0 saturated heterocycles. The summed E-state index contributed by atoms with van der Waals surface area (Å²) >= 11 is 0. The number of carbonyl (C=O) groups is 1. The SMILES string of the molecule is CCCCC(CCC)NC(=O)C(C)(C)O. The summed E-state index contributed by atoms with van der Waals surface area (Å²) in [5.74, 6) is -0.267. The second kappa shape index (κ2) is 6.83. The minimum atomic E-state index is -1.27. The molecule has 3 heteroatoms. The van der Waals surface area contributed by atoms with E-state index in [0.29, 0.717) is 0 Å². The molecular formula is C12H25NO2. The van der Waals surface area contributed by atoms with Crippen molar-refractivity contribution in [3.8, 4) is 0 Å². The monoisotopic (exact) mass is 215 g/mol. The van der Waals surface area contributed by atoms with Crippen LogP contribution in [0.25, 0.3) is 0 Å². The molecule has 0 rings (SSSR count). The molecule has 0 aromatic heterocycles. The van der Waals surface area contributed by atoms with E-state index in [-0.39, 0.29) is 11.9 Å². The van der Waals surface area contributed by atoms with Gasteiger partial charge in [0, 0.05) is 6.04 Å². The fourth-order valence-corrected chi connectivity index (χ4v) is 1.45. The van der Waals surface area contributed by atoms with Crippen LogP contribution in [0.5, 0.6) is 0 Å². The van der Waals surface area contributed by atoms with Gasteiger partial charge >= 0.3 is 0 Å². The van der Waals surface area contributed by atoms with Gasteiger partial charge in [0.2, 0.25) is 0 Å². The average molecular weight is 215 g/mol. The highest BCUT2D eigenvalue weighted by Crippen LogP contribution is 2.09. The topological polar surface area (TPSA) is 49.3 Å². The van der Waals surface area contributed by atoms with Crippen molar-refractivity contribution in [1.82, 2.24) is 5.32 Å². The second-order valence-electron chi connectivity index (χ2n) is 4.66. The van der Waals surface area contributed by atoms with Crippen LogP contribution in [0.1, 0.15) is 59.8 Å². The molecule has 0 aliphatic heterocycles. The van der Waals surface area contributed by atoms with E-state index in [1.54, 1.807) is 0 Å². The van der Waals surface area contributed by atoms with Gasteiger partial charge in [0.1, 0.15) is 5.60 Å². The normalized spacial score (nSPS) is 13.7. The van der Waals surface area contributed by atoms with Gasteiger partial charge in [0.15, 0.2) is 0 Å². The van der Waals surface area contributed by atoms with Crippen molar-refractivity contribution < 1.29 is 9.90 Å². The van der Waals surface area contributed by atoms with Gasteiger partial charge < -0.3 is 10.4 Å². The molecule has 0 aromatic carbocycles. The van der Waals surface area contributed by atoms with Crippen LogP contribution in [0.2, 0.25) is 0 Å². The number of amides is 1. The average Bonchev–Trinajstić information content (AvgIpc) is 2.13. The van der Waals surface area contributed by atoms with E-state index in [0.717, 1.165) is 32.1 Å². The Kier molecular flexibility index (Phi) is 6.57. The summed E-state index contributed by atoms with van der Waals surface area (Å²) in [6, 6.07) is 0.217. The summed E-state index contributed by atoms with van der Waals surface area (Å²) in [6.45, 7) is 7.28. The van der Waals surface area contributed by atoms with Crippen molar-refractivity contribution >= 4 is 5.91 Å². The van der Waals surface area contributed by atoms with Crippen LogP contribution in [0.4, 0.5) is 0 Å². The number of nitrogens with one attached hydrogen (secondary N) is 1. The third-order valence-corrected chi connectivity index (χ3v) is 2.43. The summed E-state index contributed by atoms with van der Waals surface area (Å²) in [5, 5.41) is 12.4. The lowest BCUT2D eigenvalue weighted by atomic mass is 10.0. The van der Waals surface area contributed by atoms with Crippen molar-refractivity contribution in [2.24, 2.45) is 0 Å². The van der Waals surface area contributed by atoms with Crippen LogP contribution in [0, 0.1) is 0 Å². The van der Waals surface area contributed by atoms with E-state index >= 15 is 0 Å². The molecule has 1 unspecified atom stereocenters. The van der Waals surface area contributed by atoms with Gasteiger partial charge in [-0.3, -0.25) is 4.79 Å². The summed E-state index contributed by atoms with van der Waals surface area (Å²) in [4.78, 5) is 11.6. The van der Waals surface area contributed by atoms with Crippen LogP contribution in [0.15, 0.2) is 0 Å². The van der Waals surface area contributed by atoms with Crippen LogP contribution in [0.3, 0.4) is 0 Å². The van der Waals surface area contributed by atoms with Gasteiger partial charge in [-0.2, -0.15) is 0 Å². The third kappa shape index (κ3) is 6.50. The minimum Gasteiger partial charge on any atom is -0.381 e. The molecule has 2 N–H and O–H groups in total. The lowest BCUT2D eigenvalue weighted by Crippen LogP contribution is -2.46. The summed E-state index contributed by atoms with van der Waals surface area (Å²) in [7, 11) is 0. The molecule has 1 atom stereocenters. The van der Waals surface area contributed by atoms with Gasteiger partial charge in [-0.05, 0) is 26.7 Å². The summed E-state index contributed by atoms with van der Waals surface area (Å²) < 4.78 is 0. The Bertz CT molecular complexity index is 185. The van der Waals surface area contributed by atoms with E-state index in [1.807, 2.05) is 0 Å². The van der Waals surface area contributed by atoms with Gasteiger partial charge in [0.05, 0.1) is 0 Å². The molecule has 0 heterocycles. The first kappa shape index (κ1) is 14.4. The highest BCUT2D eigenvalue weighted by Gasteiger charge is 2.25.